The van der Waals surface area contributed by atoms with E-state index in [1.807, 2.05) is 35.2 Å². The molecule has 0 aromatic heterocycles. The van der Waals surface area contributed by atoms with Crippen LogP contribution in [0, 0.1) is 5.92 Å². The third kappa shape index (κ3) is 8.58. The maximum atomic E-state index is 13.4. The average molecular weight is 573 g/mol. The van der Waals surface area contributed by atoms with Gasteiger partial charge >= 0.3 is 12.2 Å². The highest BCUT2D eigenvalue weighted by atomic mass is 16.6. The predicted molar refractivity (Wildman–Crippen MR) is 151 cm³/mol. The molecule has 4 rings (SSSR count). The lowest BCUT2D eigenvalue weighted by Crippen LogP contribution is -2.54. The molecule has 4 amide bonds. The Labute approximate surface area is 241 Å². The highest BCUT2D eigenvalue weighted by Crippen LogP contribution is 2.30. The van der Waals surface area contributed by atoms with Crippen molar-refractivity contribution in [1.82, 2.24) is 20.4 Å². The van der Waals surface area contributed by atoms with Crippen LogP contribution in [0.25, 0.3) is 0 Å². The third-order valence-corrected chi connectivity index (χ3v) is 7.97. The number of amides is 4. The highest BCUT2D eigenvalue weighted by Gasteiger charge is 2.42. The Bertz CT molecular complexity index is 1060. The van der Waals surface area contributed by atoms with Gasteiger partial charge in [0.05, 0.1) is 12.6 Å². The average Bonchev–Trinajstić information content (AvgIpc) is 3.60. The molecule has 2 unspecified atom stereocenters. The van der Waals surface area contributed by atoms with Gasteiger partial charge in [0.2, 0.25) is 11.8 Å². The minimum absolute atomic E-state index is 0.0368. The van der Waals surface area contributed by atoms with E-state index >= 15 is 0 Å². The number of benzene rings is 1. The maximum absolute atomic E-state index is 13.4. The molecule has 1 saturated carbocycles. The highest BCUT2D eigenvalue weighted by molar-refractivity contribution is 5.87. The minimum atomic E-state index is -0.815. The summed E-state index contributed by atoms with van der Waals surface area (Å²) in [6.07, 6.45) is 2.55. The summed E-state index contributed by atoms with van der Waals surface area (Å²) >= 11 is 0. The topological polar surface area (TPSA) is 138 Å². The molecule has 3 fully saturated rings. The first-order valence-corrected chi connectivity index (χ1v) is 14.7. The summed E-state index contributed by atoms with van der Waals surface area (Å²) in [5.41, 5.74) is 0.157. The molecular formula is C30H44N4O7. The van der Waals surface area contributed by atoms with Crippen LogP contribution < -0.4 is 10.6 Å². The number of aliphatic hydroxyl groups is 1. The minimum Gasteiger partial charge on any atom is -0.445 e. The Morgan fingerprint density at radius 2 is 1.68 bits per heavy atom. The van der Waals surface area contributed by atoms with E-state index in [4.69, 9.17) is 9.47 Å². The molecule has 3 aliphatic rings. The SMILES string of the molecule is CC(C)(C)OC(=O)N[C@H](C(=O)N1CCCC1)C1CCC(NC(=O)C2CC(O)CN2C(=O)OCc2ccccc2)CC1. The Balaban J connectivity index is 1.31. The van der Waals surface area contributed by atoms with Gasteiger partial charge in [-0.05, 0) is 70.8 Å². The largest absolute Gasteiger partial charge is 0.445 e. The van der Waals surface area contributed by atoms with Crippen molar-refractivity contribution in [2.45, 2.75) is 102 Å². The standard InChI is InChI=1S/C30H44N4O7/c1-30(2,3)41-28(38)32-25(27(37)33-15-7-8-16-33)21-11-13-22(14-12-21)31-26(36)24-17-23(35)18-34(24)29(39)40-19-20-9-5-4-6-10-20/h4-6,9-10,21-25,35H,7-8,11-19H2,1-3H3,(H,31,36)(H,32,38)/t21?,22?,23?,24?,25-/m0/s1. The molecule has 3 N–H and O–H groups in total. The van der Waals surface area contributed by atoms with Gasteiger partial charge < -0.3 is 30.1 Å². The second-order valence-electron chi connectivity index (χ2n) is 12.4. The first-order valence-electron chi connectivity index (χ1n) is 14.7. The van der Waals surface area contributed by atoms with Gasteiger partial charge in [0.1, 0.15) is 24.3 Å². The van der Waals surface area contributed by atoms with E-state index in [0.717, 1.165) is 18.4 Å². The number of nitrogens with one attached hydrogen (secondary N) is 2. The lowest BCUT2D eigenvalue weighted by molar-refractivity contribution is -0.134. The third-order valence-electron chi connectivity index (χ3n) is 7.97. The predicted octanol–water partition coefficient (Wildman–Crippen LogP) is 2.95. The summed E-state index contributed by atoms with van der Waals surface area (Å²) in [6.45, 7) is 6.85. The number of carbonyl (C=O) groups excluding carboxylic acids is 4. The number of hydrogen-bond acceptors (Lipinski definition) is 7. The smallest absolute Gasteiger partial charge is 0.410 e. The van der Waals surface area contributed by atoms with Crippen LogP contribution in [0.3, 0.4) is 0 Å². The van der Waals surface area contributed by atoms with E-state index in [2.05, 4.69) is 10.6 Å². The lowest BCUT2D eigenvalue weighted by atomic mass is 9.81. The zero-order chi connectivity index (χ0) is 29.6. The molecule has 1 aromatic carbocycles. The number of ether oxygens (including phenoxy) is 2. The van der Waals surface area contributed by atoms with Gasteiger partial charge in [-0.2, -0.15) is 0 Å². The van der Waals surface area contributed by atoms with E-state index in [-0.39, 0.29) is 43.3 Å². The van der Waals surface area contributed by atoms with Gasteiger partial charge in [0.25, 0.3) is 0 Å². The number of likely N-dealkylation sites (tertiary alicyclic amines) is 2. The summed E-state index contributed by atoms with van der Waals surface area (Å²) < 4.78 is 10.9. The van der Waals surface area contributed by atoms with Crippen molar-refractivity contribution in [1.29, 1.82) is 0 Å². The molecule has 226 valence electrons. The molecular weight excluding hydrogens is 528 g/mol. The number of nitrogens with zero attached hydrogens (tertiary/aromatic N) is 2. The van der Waals surface area contributed by atoms with Crippen molar-refractivity contribution in [2.75, 3.05) is 19.6 Å². The van der Waals surface area contributed by atoms with Crippen LogP contribution in [0.15, 0.2) is 30.3 Å². The number of rotatable bonds is 7. The van der Waals surface area contributed by atoms with Crippen LogP contribution in [-0.4, -0.2) is 88.4 Å². The van der Waals surface area contributed by atoms with Crippen LogP contribution in [-0.2, 0) is 25.7 Å². The Kier molecular flexibility index (Phi) is 10.1. The van der Waals surface area contributed by atoms with Crippen LogP contribution in [0.4, 0.5) is 9.59 Å². The molecule has 1 aliphatic carbocycles. The van der Waals surface area contributed by atoms with Crippen LogP contribution >= 0.6 is 0 Å². The molecule has 0 bridgehead atoms. The lowest BCUT2D eigenvalue weighted by Gasteiger charge is -2.36. The van der Waals surface area contributed by atoms with Crippen molar-refractivity contribution in [3.05, 3.63) is 35.9 Å². The molecule has 2 aliphatic heterocycles. The molecule has 41 heavy (non-hydrogen) atoms. The molecule has 2 saturated heterocycles. The molecule has 11 heteroatoms. The number of aliphatic hydroxyl groups excluding tert-OH is 1. The molecule has 3 atom stereocenters. The number of hydrogen-bond donors (Lipinski definition) is 3. The zero-order valence-electron chi connectivity index (χ0n) is 24.3. The normalized spacial score (nSPS) is 25.4. The van der Waals surface area contributed by atoms with Gasteiger partial charge in [0.15, 0.2) is 0 Å². The van der Waals surface area contributed by atoms with Crippen LogP contribution in [0.2, 0.25) is 0 Å². The Morgan fingerprint density at radius 1 is 1.02 bits per heavy atom. The van der Waals surface area contributed by atoms with Crippen molar-refractivity contribution in [3.8, 4) is 0 Å². The molecule has 2 heterocycles. The number of β-amino-alcohol motifs (C(OH)–C–C–N with tert-alkyl or cyclic N) is 1. The van der Waals surface area contributed by atoms with E-state index in [0.29, 0.717) is 38.8 Å². The van der Waals surface area contributed by atoms with E-state index in [1.165, 1.54) is 4.90 Å². The quantitative estimate of drug-likeness (QED) is 0.457. The monoisotopic (exact) mass is 572 g/mol. The maximum Gasteiger partial charge on any atom is 0.410 e. The van der Waals surface area contributed by atoms with Crippen LogP contribution in [0.1, 0.15) is 71.3 Å². The molecule has 1 aromatic rings. The van der Waals surface area contributed by atoms with Crippen molar-refractivity contribution in [3.63, 3.8) is 0 Å². The first kappa shape index (κ1) is 30.6. The first-order chi connectivity index (χ1) is 19.5. The van der Waals surface area contributed by atoms with E-state index < -0.39 is 36.0 Å². The van der Waals surface area contributed by atoms with Crippen LogP contribution in [0.5, 0.6) is 0 Å². The Morgan fingerprint density at radius 3 is 2.32 bits per heavy atom. The fourth-order valence-electron chi connectivity index (χ4n) is 5.91. The van der Waals surface area contributed by atoms with Gasteiger partial charge in [0, 0.05) is 25.6 Å². The van der Waals surface area contributed by atoms with Crippen molar-refractivity contribution < 1.29 is 33.8 Å². The van der Waals surface area contributed by atoms with Gasteiger partial charge in [-0.1, -0.05) is 30.3 Å². The van der Waals surface area contributed by atoms with Gasteiger partial charge in [-0.15, -0.1) is 0 Å². The van der Waals surface area contributed by atoms with Crippen molar-refractivity contribution >= 4 is 24.0 Å². The summed E-state index contributed by atoms with van der Waals surface area (Å²) in [6, 6.07) is 7.64. The number of alkyl carbamates (subject to hydrolysis) is 1. The fraction of sp³-hybridized carbons (Fsp3) is 0.667. The zero-order valence-corrected chi connectivity index (χ0v) is 24.3. The van der Waals surface area contributed by atoms with E-state index in [9.17, 15) is 24.3 Å². The fourth-order valence-corrected chi connectivity index (χ4v) is 5.91. The summed E-state index contributed by atoms with van der Waals surface area (Å²) in [5, 5.41) is 16.1. The van der Waals surface area contributed by atoms with Gasteiger partial charge in [-0.25, -0.2) is 9.59 Å². The molecule has 11 nitrogen and oxygen atoms in total. The molecule has 0 radical (unpaired) electrons. The summed E-state index contributed by atoms with van der Waals surface area (Å²) in [7, 11) is 0. The second kappa shape index (κ2) is 13.5. The molecule has 0 spiro atoms. The summed E-state index contributed by atoms with van der Waals surface area (Å²) in [4.78, 5) is 55.1. The van der Waals surface area contributed by atoms with Crippen molar-refractivity contribution in [2.24, 2.45) is 5.92 Å². The van der Waals surface area contributed by atoms with Gasteiger partial charge in [-0.3, -0.25) is 14.5 Å². The second-order valence-corrected chi connectivity index (χ2v) is 12.4. The van der Waals surface area contributed by atoms with E-state index in [1.54, 1.807) is 20.8 Å². The Hall–Kier alpha value is -3.34. The number of carbonyl (C=O) groups is 4. The summed E-state index contributed by atoms with van der Waals surface area (Å²) in [5.74, 6) is -0.481.